The van der Waals surface area contributed by atoms with Crippen LogP contribution in [-0.2, 0) is 0 Å². The first-order chi connectivity index (χ1) is 24.8. The van der Waals surface area contributed by atoms with E-state index in [-0.39, 0.29) is 28.7 Å². The number of nitrogens with two attached hydrogens (primary N) is 2. The summed E-state index contributed by atoms with van der Waals surface area (Å²) in [6.07, 6.45) is 0. The van der Waals surface area contributed by atoms with E-state index in [2.05, 4.69) is 42.2 Å². The summed E-state index contributed by atoms with van der Waals surface area (Å²) in [5.74, 6) is -1.43. The molecule has 0 heterocycles. The molecule has 0 aromatic heterocycles. The van der Waals surface area contributed by atoms with Crippen molar-refractivity contribution in [3.05, 3.63) is 151 Å². The van der Waals surface area contributed by atoms with Crippen LogP contribution in [0.25, 0.3) is 44.5 Å². The fourth-order valence-electron chi connectivity index (χ4n) is 5.63. The lowest BCUT2D eigenvalue weighted by Gasteiger charge is -2.18. The zero-order chi connectivity index (χ0) is 37.7. The van der Waals surface area contributed by atoms with Crippen molar-refractivity contribution in [1.82, 2.24) is 0 Å². The van der Waals surface area contributed by atoms with E-state index in [1.54, 1.807) is 42.5 Å². The Labute approximate surface area is 319 Å². The minimum atomic E-state index is -0.745. The summed E-state index contributed by atoms with van der Waals surface area (Å²) >= 11 is 13.1. The average molecular weight is 851 g/mol. The summed E-state index contributed by atoms with van der Waals surface area (Å²) in [6.45, 7) is 1.98. The number of rotatable bonds is 6. The number of aromatic hydroxyl groups is 2. The van der Waals surface area contributed by atoms with E-state index in [9.17, 15) is 24.2 Å². The van der Waals surface area contributed by atoms with Crippen molar-refractivity contribution in [2.24, 2.45) is 21.8 Å². The van der Waals surface area contributed by atoms with Gasteiger partial charge in [0.25, 0.3) is 0 Å². The third kappa shape index (κ3) is 8.53. The number of hydrogen-bond donors (Lipinski definition) is 6. The Morgan fingerprint density at radius 1 is 0.577 bits per heavy atom. The normalized spacial score (nSPS) is 11.6. The van der Waals surface area contributed by atoms with Crippen LogP contribution in [-0.4, -0.2) is 32.3 Å². The van der Waals surface area contributed by atoms with Crippen molar-refractivity contribution in [3.8, 4) is 56.0 Å². The van der Waals surface area contributed by atoms with Crippen LogP contribution >= 0.6 is 43.5 Å². The monoisotopic (exact) mass is 848 g/mol. The van der Waals surface area contributed by atoms with Gasteiger partial charge in [0.15, 0.2) is 11.7 Å². The quantitative estimate of drug-likeness (QED) is 0.0424. The van der Waals surface area contributed by atoms with E-state index in [1.165, 1.54) is 24.3 Å². The van der Waals surface area contributed by atoms with Gasteiger partial charge in [-0.1, -0.05) is 84.1 Å². The van der Waals surface area contributed by atoms with E-state index in [4.69, 9.17) is 28.3 Å². The molecule has 0 aliphatic heterocycles. The number of aryl methyl sites for hydroxylation is 1. The van der Waals surface area contributed by atoms with Gasteiger partial charge in [-0.15, -0.1) is 0 Å². The molecule has 52 heavy (non-hydrogen) atoms. The molecule has 0 fully saturated rings. The van der Waals surface area contributed by atoms with Crippen LogP contribution in [0.15, 0.2) is 128 Å². The number of benzene rings is 6. The largest absolute Gasteiger partial charge is 0.508 e. The lowest BCUT2D eigenvalue weighted by atomic mass is 9.88. The summed E-state index contributed by atoms with van der Waals surface area (Å²) in [5.41, 5.74) is 19.0. The van der Waals surface area contributed by atoms with Crippen LogP contribution in [0, 0.1) is 18.6 Å². The molecule has 0 atom stereocenters. The maximum Gasteiger partial charge on any atom is 0.170 e. The third-order valence-corrected chi connectivity index (χ3v) is 9.10. The molecule has 0 aliphatic rings. The second-order valence-corrected chi connectivity index (χ2v) is 13.7. The molecule has 8 N–H and O–H groups in total. The van der Waals surface area contributed by atoms with Crippen LogP contribution in [0.1, 0.15) is 16.7 Å². The van der Waals surface area contributed by atoms with Crippen molar-refractivity contribution >= 4 is 55.1 Å². The van der Waals surface area contributed by atoms with Gasteiger partial charge in [-0.2, -0.15) is 0 Å². The highest BCUT2D eigenvalue weighted by Gasteiger charge is 2.20. The fraction of sp³-hybridized carbons (Fsp3) is 0.0256. The Hall–Kier alpha value is -5.43. The van der Waals surface area contributed by atoms with E-state index in [0.717, 1.165) is 38.4 Å². The molecule has 6 aromatic rings. The van der Waals surface area contributed by atoms with Crippen LogP contribution in [0.2, 0.25) is 5.02 Å². The van der Waals surface area contributed by atoms with Gasteiger partial charge < -0.3 is 32.1 Å². The molecule has 264 valence electrons. The van der Waals surface area contributed by atoms with Crippen LogP contribution in [0.4, 0.5) is 8.78 Å². The zero-order valence-corrected chi connectivity index (χ0v) is 31.0. The zero-order valence-electron chi connectivity index (χ0n) is 27.1. The van der Waals surface area contributed by atoms with Crippen LogP contribution < -0.4 is 11.5 Å². The fourth-order valence-corrected chi connectivity index (χ4v) is 6.71. The number of oxime groups is 2. The van der Waals surface area contributed by atoms with Crippen LogP contribution in [0.3, 0.4) is 0 Å². The molecular weight excluding hydrogens is 822 g/mol. The Morgan fingerprint density at radius 3 is 1.48 bits per heavy atom. The van der Waals surface area contributed by atoms with Crippen LogP contribution in [0.5, 0.6) is 11.5 Å². The molecule has 0 bridgehead atoms. The lowest BCUT2D eigenvalue weighted by Crippen LogP contribution is -2.15. The summed E-state index contributed by atoms with van der Waals surface area (Å²) in [4.78, 5) is 0. The second-order valence-electron chi connectivity index (χ2n) is 11.4. The lowest BCUT2D eigenvalue weighted by molar-refractivity contribution is 0.318. The number of phenolic OH excluding ortho intramolecular Hbond substituents is 2. The standard InChI is InChI=1S/C20H16BrClN2O2.C19H13BrF2N2O2/c1-11-2-5-14(22)10-16(11)19-17(12-3-6-15(25)7-4-12)8-13(21)9-18(19)20(23)24-26;20-12-7-16(10-1-3-15(25)4-2-10)18(17(8-12)19(23)24-26)11-5-13(21)9-14(22)6-11/h2-10,25-26H,1H3,(H2,23,24);1-9,25-26H,(H2,23,24). The molecule has 0 amide bonds. The van der Waals surface area contributed by atoms with E-state index >= 15 is 0 Å². The Balaban J connectivity index is 0.000000201. The highest BCUT2D eigenvalue weighted by atomic mass is 79.9. The van der Waals surface area contributed by atoms with Crippen molar-refractivity contribution in [1.29, 1.82) is 0 Å². The highest BCUT2D eigenvalue weighted by Crippen LogP contribution is 2.41. The van der Waals surface area contributed by atoms with Gasteiger partial charge in [0.2, 0.25) is 0 Å². The van der Waals surface area contributed by atoms with Gasteiger partial charge in [-0.05, 0) is 119 Å². The summed E-state index contributed by atoms with van der Waals surface area (Å²) in [6, 6.07) is 29.0. The van der Waals surface area contributed by atoms with Crippen molar-refractivity contribution in [3.63, 3.8) is 0 Å². The topological polar surface area (TPSA) is 158 Å². The predicted molar refractivity (Wildman–Crippen MR) is 208 cm³/mol. The van der Waals surface area contributed by atoms with Gasteiger partial charge in [-0.25, -0.2) is 8.78 Å². The first-order valence-corrected chi connectivity index (χ1v) is 17.2. The second kappa shape index (κ2) is 16.3. The molecule has 0 unspecified atom stereocenters. The Morgan fingerprint density at radius 2 is 1.02 bits per heavy atom. The van der Waals surface area contributed by atoms with Gasteiger partial charge in [0.05, 0.1) is 0 Å². The molecule has 13 heteroatoms. The molecular formula is C39H29Br2ClF2N4O4. The first kappa shape index (κ1) is 37.8. The molecule has 0 saturated carbocycles. The predicted octanol–water partition coefficient (Wildman–Crippen LogP) is 10.4. The Kier molecular flexibility index (Phi) is 11.8. The molecule has 0 spiro atoms. The third-order valence-electron chi connectivity index (χ3n) is 7.95. The Bertz CT molecular complexity index is 2320. The number of nitrogens with zero attached hydrogens (tertiary/aromatic N) is 2. The average Bonchev–Trinajstić information content (AvgIpc) is 3.11. The molecule has 8 nitrogen and oxygen atoms in total. The maximum absolute atomic E-state index is 13.8. The summed E-state index contributed by atoms with van der Waals surface area (Å²) in [5, 5.41) is 44.3. The van der Waals surface area contributed by atoms with Crippen molar-refractivity contribution in [2.75, 3.05) is 0 Å². The van der Waals surface area contributed by atoms with Crippen molar-refractivity contribution < 1.29 is 29.4 Å². The SMILES string of the molecule is Cc1ccc(Cl)cc1-c1c(C(N)=NO)cc(Br)cc1-c1ccc(O)cc1.NC(=NO)c1cc(Br)cc(-c2ccc(O)cc2)c1-c1cc(F)cc(F)c1. The minimum Gasteiger partial charge on any atom is -0.508 e. The molecule has 6 rings (SSSR count). The van der Waals surface area contributed by atoms with E-state index in [1.807, 2.05) is 43.3 Å². The van der Waals surface area contributed by atoms with Crippen molar-refractivity contribution in [2.45, 2.75) is 6.92 Å². The summed E-state index contributed by atoms with van der Waals surface area (Å²) < 4.78 is 29.0. The van der Waals surface area contributed by atoms with E-state index in [0.29, 0.717) is 37.3 Å². The minimum absolute atomic E-state index is 0.000652. The van der Waals surface area contributed by atoms with Gasteiger partial charge >= 0.3 is 0 Å². The van der Waals surface area contributed by atoms with Gasteiger partial charge in [0.1, 0.15) is 23.1 Å². The maximum atomic E-state index is 13.8. The number of phenols is 2. The molecule has 0 saturated heterocycles. The highest BCUT2D eigenvalue weighted by molar-refractivity contribution is 9.10. The first-order valence-electron chi connectivity index (χ1n) is 15.2. The number of amidine groups is 2. The number of hydrogen-bond acceptors (Lipinski definition) is 6. The van der Waals surface area contributed by atoms with E-state index < -0.39 is 11.6 Å². The van der Waals surface area contributed by atoms with Gasteiger partial charge in [0, 0.05) is 42.3 Å². The smallest absolute Gasteiger partial charge is 0.170 e. The number of halogens is 5. The molecule has 0 radical (unpaired) electrons. The molecule has 6 aromatic carbocycles. The molecule has 0 aliphatic carbocycles. The van der Waals surface area contributed by atoms with Gasteiger partial charge in [-0.3, -0.25) is 0 Å². The summed E-state index contributed by atoms with van der Waals surface area (Å²) in [7, 11) is 0.